The van der Waals surface area contributed by atoms with E-state index in [-0.39, 0.29) is 10.9 Å². The Kier molecular flexibility index (Phi) is 5.01. The van der Waals surface area contributed by atoms with E-state index in [9.17, 15) is 17.2 Å². The van der Waals surface area contributed by atoms with Gasteiger partial charge < -0.3 is 0 Å². The molecule has 0 N–H and O–H groups in total. The Morgan fingerprint density at radius 1 is 1.47 bits per heavy atom. The van der Waals surface area contributed by atoms with Crippen LogP contribution in [0.2, 0.25) is 0 Å². The van der Waals surface area contributed by atoms with Crippen molar-refractivity contribution in [2.24, 2.45) is 0 Å². The normalized spacial score (nSPS) is 13.3. The second-order valence-electron chi connectivity index (χ2n) is 3.93. The lowest BCUT2D eigenvalue weighted by Crippen LogP contribution is -2.35. The summed E-state index contributed by atoms with van der Waals surface area (Å²) in [6, 6.07) is 2.59. The number of nitrogens with zero attached hydrogens (tertiary/aromatic N) is 2. The smallest absolute Gasteiger partial charge is 0.207 e. The first-order valence-electron chi connectivity index (χ1n) is 5.21. The van der Waals surface area contributed by atoms with Gasteiger partial charge in [-0.3, -0.25) is 0 Å². The minimum atomic E-state index is -4.14. The number of rotatable bonds is 4. The van der Waals surface area contributed by atoms with Gasteiger partial charge in [-0.1, -0.05) is 0 Å². The topological polar surface area (TPSA) is 61.2 Å². The van der Waals surface area contributed by atoms with Gasteiger partial charge in [-0.25, -0.2) is 17.2 Å². The average molecular weight is 353 g/mol. The Morgan fingerprint density at radius 3 is 2.53 bits per heavy atom. The first kappa shape index (κ1) is 16.0. The van der Waals surface area contributed by atoms with Gasteiger partial charge >= 0.3 is 0 Å². The van der Waals surface area contributed by atoms with Crippen molar-refractivity contribution in [3.05, 3.63) is 28.2 Å². The molecule has 0 saturated carbocycles. The van der Waals surface area contributed by atoms with Crippen molar-refractivity contribution < 1.29 is 17.2 Å². The maximum absolute atomic E-state index is 13.7. The highest BCUT2D eigenvalue weighted by molar-refractivity contribution is 9.10. The van der Waals surface area contributed by atoms with Gasteiger partial charge in [0.25, 0.3) is 0 Å². The van der Waals surface area contributed by atoms with Crippen LogP contribution in [0.4, 0.5) is 8.78 Å². The van der Waals surface area contributed by atoms with Crippen LogP contribution in [0.1, 0.15) is 13.3 Å². The molecule has 0 heterocycles. The van der Waals surface area contributed by atoms with Crippen molar-refractivity contribution in [2.75, 3.05) is 7.05 Å². The summed E-state index contributed by atoms with van der Waals surface area (Å²) in [7, 11) is -2.90. The van der Waals surface area contributed by atoms with Crippen molar-refractivity contribution in [1.29, 1.82) is 5.26 Å². The van der Waals surface area contributed by atoms with Gasteiger partial charge in [0.15, 0.2) is 0 Å². The Bertz CT molecular complexity index is 605. The second kappa shape index (κ2) is 5.94. The van der Waals surface area contributed by atoms with Crippen LogP contribution in [-0.2, 0) is 10.0 Å². The van der Waals surface area contributed by atoms with E-state index in [0.717, 1.165) is 10.4 Å². The standard InChI is InChI=1S/C11H11BrF2N2O2S/c1-7(3-4-15)16(2)19(17,18)11-9(12)5-8(13)6-10(11)14/h5-7H,3H2,1-2H3. The molecule has 104 valence electrons. The van der Waals surface area contributed by atoms with Crippen LogP contribution in [-0.4, -0.2) is 25.8 Å². The van der Waals surface area contributed by atoms with Crippen LogP contribution in [0.5, 0.6) is 0 Å². The first-order chi connectivity index (χ1) is 8.71. The average Bonchev–Trinajstić information content (AvgIpc) is 2.26. The van der Waals surface area contributed by atoms with E-state index in [4.69, 9.17) is 5.26 Å². The first-order valence-corrected chi connectivity index (χ1v) is 7.44. The molecule has 0 aliphatic rings. The molecule has 19 heavy (non-hydrogen) atoms. The van der Waals surface area contributed by atoms with Crippen LogP contribution in [0.15, 0.2) is 21.5 Å². The van der Waals surface area contributed by atoms with E-state index in [1.165, 1.54) is 14.0 Å². The largest absolute Gasteiger partial charge is 0.247 e. The second-order valence-corrected chi connectivity index (χ2v) is 6.72. The van der Waals surface area contributed by atoms with Crippen molar-refractivity contribution in [1.82, 2.24) is 4.31 Å². The zero-order chi connectivity index (χ0) is 14.8. The highest BCUT2D eigenvalue weighted by Gasteiger charge is 2.30. The molecule has 0 amide bonds. The molecule has 0 aromatic heterocycles. The Labute approximate surface area is 118 Å². The molecular weight excluding hydrogens is 342 g/mol. The van der Waals surface area contributed by atoms with Gasteiger partial charge in [-0.15, -0.1) is 0 Å². The molecular formula is C11H11BrF2N2O2S. The van der Waals surface area contributed by atoms with Gasteiger partial charge in [0.2, 0.25) is 10.0 Å². The number of nitriles is 1. The summed E-state index contributed by atoms with van der Waals surface area (Å²) in [5.41, 5.74) is 0. The van der Waals surface area contributed by atoms with E-state index in [1.807, 2.05) is 6.07 Å². The molecule has 0 aliphatic heterocycles. The highest BCUT2D eigenvalue weighted by Crippen LogP contribution is 2.29. The summed E-state index contributed by atoms with van der Waals surface area (Å²) >= 11 is 2.84. The van der Waals surface area contributed by atoms with Crippen molar-refractivity contribution in [2.45, 2.75) is 24.3 Å². The molecule has 0 spiro atoms. The van der Waals surface area contributed by atoms with E-state index in [0.29, 0.717) is 6.07 Å². The molecule has 0 fully saturated rings. The third-order valence-electron chi connectivity index (χ3n) is 2.61. The molecule has 0 radical (unpaired) electrons. The Hall–Kier alpha value is -1.04. The third kappa shape index (κ3) is 3.29. The van der Waals surface area contributed by atoms with Gasteiger partial charge in [0.05, 0.1) is 12.5 Å². The fraction of sp³-hybridized carbons (Fsp3) is 0.364. The van der Waals surface area contributed by atoms with Crippen molar-refractivity contribution in [3.63, 3.8) is 0 Å². The molecule has 0 saturated heterocycles. The van der Waals surface area contributed by atoms with Crippen LogP contribution in [0.3, 0.4) is 0 Å². The lowest BCUT2D eigenvalue weighted by molar-refractivity contribution is 0.389. The molecule has 0 bridgehead atoms. The number of benzene rings is 1. The van der Waals surface area contributed by atoms with Crippen molar-refractivity contribution >= 4 is 26.0 Å². The van der Waals surface area contributed by atoms with Crippen LogP contribution >= 0.6 is 15.9 Å². The van der Waals surface area contributed by atoms with Gasteiger partial charge in [0.1, 0.15) is 16.5 Å². The predicted octanol–water partition coefficient (Wildman–Crippen LogP) is 2.65. The lowest BCUT2D eigenvalue weighted by Gasteiger charge is -2.23. The molecule has 1 atom stereocenters. The molecule has 1 rings (SSSR count). The maximum atomic E-state index is 13.7. The summed E-state index contributed by atoms with van der Waals surface area (Å²) in [4.78, 5) is -0.638. The van der Waals surface area contributed by atoms with Gasteiger partial charge in [-0.2, -0.15) is 9.57 Å². The molecule has 8 heteroatoms. The summed E-state index contributed by atoms with van der Waals surface area (Å²) in [5, 5.41) is 8.56. The van der Waals surface area contributed by atoms with E-state index < -0.39 is 32.6 Å². The number of hydrogen-bond donors (Lipinski definition) is 0. The summed E-state index contributed by atoms with van der Waals surface area (Å²) < 4.78 is 51.8. The van der Waals surface area contributed by atoms with E-state index in [1.54, 1.807) is 0 Å². The zero-order valence-electron chi connectivity index (χ0n) is 10.2. The fourth-order valence-electron chi connectivity index (χ4n) is 1.42. The molecule has 1 aromatic carbocycles. The number of halogens is 3. The molecule has 1 unspecified atom stereocenters. The third-order valence-corrected chi connectivity index (χ3v) is 5.54. The molecule has 1 aromatic rings. The minimum Gasteiger partial charge on any atom is -0.207 e. The fourth-order valence-corrected chi connectivity index (χ4v) is 3.89. The SMILES string of the molecule is CC(CC#N)N(C)S(=O)(=O)c1c(F)cc(F)cc1Br. The van der Waals surface area contributed by atoms with Gasteiger partial charge in [0, 0.05) is 23.6 Å². The minimum absolute atomic E-state index is 0.0316. The summed E-state index contributed by atoms with van der Waals surface area (Å²) in [6.07, 6.45) is -0.0316. The quantitative estimate of drug-likeness (QED) is 0.836. The summed E-state index contributed by atoms with van der Waals surface area (Å²) in [5.74, 6) is -2.06. The maximum Gasteiger partial charge on any atom is 0.247 e. The monoisotopic (exact) mass is 352 g/mol. The number of hydrogen-bond acceptors (Lipinski definition) is 3. The van der Waals surface area contributed by atoms with Crippen molar-refractivity contribution in [3.8, 4) is 6.07 Å². The Morgan fingerprint density at radius 2 is 2.05 bits per heavy atom. The van der Waals surface area contributed by atoms with Crippen LogP contribution in [0.25, 0.3) is 0 Å². The Balaban J connectivity index is 3.33. The van der Waals surface area contributed by atoms with Crippen LogP contribution in [0, 0.1) is 23.0 Å². The van der Waals surface area contributed by atoms with E-state index in [2.05, 4.69) is 15.9 Å². The van der Waals surface area contributed by atoms with Crippen LogP contribution < -0.4 is 0 Å². The zero-order valence-corrected chi connectivity index (χ0v) is 12.6. The summed E-state index contributed by atoms with van der Waals surface area (Å²) in [6.45, 7) is 1.52. The number of sulfonamides is 1. The predicted molar refractivity (Wildman–Crippen MR) is 68.7 cm³/mol. The van der Waals surface area contributed by atoms with Gasteiger partial charge in [-0.05, 0) is 28.9 Å². The lowest BCUT2D eigenvalue weighted by atomic mass is 10.3. The highest BCUT2D eigenvalue weighted by atomic mass is 79.9. The van der Waals surface area contributed by atoms with E-state index >= 15 is 0 Å². The molecule has 4 nitrogen and oxygen atoms in total. The molecule has 0 aliphatic carbocycles.